The number of amides is 2. The molecule has 2 N–H and O–H groups in total. The fraction of sp³-hybridized carbons (Fsp3) is 0.667. The number of carbonyl (C=O) groups is 2. The normalized spacial score (nSPS) is 24.2. The smallest absolute Gasteiger partial charge is 0.238 e. The molecule has 6 nitrogen and oxygen atoms in total. The van der Waals surface area contributed by atoms with Crippen LogP contribution in [0.5, 0.6) is 0 Å². The molecular formula is C24H38N4O2. The van der Waals surface area contributed by atoms with Gasteiger partial charge in [0.15, 0.2) is 0 Å². The molecule has 2 amide bonds. The van der Waals surface area contributed by atoms with Crippen molar-refractivity contribution in [3.05, 3.63) is 29.8 Å². The third-order valence-electron chi connectivity index (χ3n) is 6.81. The van der Waals surface area contributed by atoms with E-state index in [1.807, 2.05) is 25.1 Å². The second kappa shape index (κ2) is 10.9. The average Bonchev–Trinajstić information content (AvgIpc) is 2.75. The van der Waals surface area contributed by atoms with Gasteiger partial charge in [0.25, 0.3) is 0 Å². The van der Waals surface area contributed by atoms with Crippen LogP contribution >= 0.6 is 0 Å². The Kier molecular flexibility index (Phi) is 8.28. The standard InChI is InChI=1S/C24H38N4O2/c1-4-20-10-6-8-12-22(20)25-23(29)17-27-13-15-28(16-14-27)19(3)24(30)26-21-11-7-5-9-18(21)2/h6,8,10,12,18-19,21H,4-5,7,9,11,13-17H2,1-3H3,(H,25,29)(H,26,30)/t18-,19-,21+/m0/s1. The maximum absolute atomic E-state index is 12.7. The van der Waals surface area contributed by atoms with Crippen LogP contribution in [0.25, 0.3) is 0 Å². The van der Waals surface area contributed by atoms with Gasteiger partial charge in [0.1, 0.15) is 0 Å². The van der Waals surface area contributed by atoms with E-state index in [0.717, 1.165) is 50.3 Å². The maximum atomic E-state index is 12.7. The van der Waals surface area contributed by atoms with Gasteiger partial charge >= 0.3 is 0 Å². The number of nitrogens with zero attached hydrogens (tertiary/aromatic N) is 2. The van der Waals surface area contributed by atoms with Crippen molar-refractivity contribution >= 4 is 17.5 Å². The van der Waals surface area contributed by atoms with Crippen LogP contribution < -0.4 is 10.6 Å². The van der Waals surface area contributed by atoms with E-state index in [2.05, 4.69) is 40.3 Å². The number of para-hydroxylation sites is 1. The Balaban J connectivity index is 1.42. The lowest BCUT2D eigenvalue weighted by molar-refractivity contribution is -0.128. The second-order valence-corrected chi connectivity index (χ2v) is 8.92. The Bertz CT molecular complexity index is 715. The molecule has 1 saturated heterocycles. The lowest BCUT2D eigenvalue weighted by Crippen LogP contribution is -2.56. The second-order valence-electron chi connectivity index (χ2n) is 8.92. The monoisotopic (exact) mass is 414 g/mol. The number of hydrogen-bond donors (Lipinski definition) is 2. The first-order valence-electron chi connectivity index (χ1n) is 11.6. The number of rotatable bonds is 7. The van der Waals surface area contributed by atoms with Crippen molar-refractivity contribution in [1.82, 2.24) is 15.1 Å². The van der Waals surface area contributed by atoms with E-state index in [1.165, 1.54) is 19.3 Å². The largest absolute Gasteiger partial charge is 0.352 e. The average molecular weight is 415 g/mol. The SMILES string of the molecule is CCc1ccccc1NC(=O)CN1CCN([C@@H](C)C(=O)N[C@@H]2CCCC[C@@H]2C)CC1. The van der Waals surface area contributed by atoms with Gasteiger partial charge in [-0.25, -0.2) is 0 Å². The summed E-state index contributed by atoms with van der Waals surface area (Å²) in [4.78, 5) is 29.7. The topological polar surface area (TPSA) is 64.7 Å². The Hall–Kier alpha value is -1.92. The lowest BCUT2D eigenvalue weighted by Gasteiger charge is -2.38. The zero-order valence-corrected chi connectivity index (χ0v) is 18.8. The highest BCUT2D eigenvalue weighted by Gasteiger charge is 2.29. The molecule has 6 heteroatoms. The van der Waals surface area contributed by atoms with E-state index in [9.17, 15) is 9.59 Å². The van der Waals surface area contributed by atoms with Gasteiger partial charge in [-0.15, -0.1) is 0 Å². The van der Waals surface area contributed by atoms with Gasteiger partial charge in [-0.05, 0) is 43.7 Å². The van der Waals surface area contributed by atoms with Gasteiger partial charge in [0, 0.05) is 37.9 Å². The van der Waals surface area contributed by atoms with E-state index < -0.39 is 0 Å². The van der Waals surface area contributed by atoms with Gasteiger partial charge in [0.2, 0.25) is 11.8 Å². The predicted molar refractivity (Wildman–Crippen MR) is 121 cm³/mol. The summed E-state index contributed by atoms with van der Waals surface area (Å²) in [6.45, 7) is 9.98. The maximum Gasteiger partial charge on any atom is 0.238 e. The highest BCUT2D eigenvalue weighted by molar-refractivity contribution is 5.93. The molecule has 0 aromatic heterocycles. The van der Waals surface area contributed by atoms with Crippen LogP contribution in [0.1, 0.15) is 52.0 Å². The first-order valence-corrected chi connectivity index (χ1v) is 11.6. The molecule has 1 aromatic carbocycles. The number of carbonyl (C=O) groups excluding carboxylic acids is 2. The number of anilines is 1. The summed E-state index contributed by atoms with van der Waals surface area (Å²) in [6.07, 6.45) is 5.71. The molecule has 0 unspecified atom stereocenters. The molecule has 0 spiro atoms. The molecule has 2 fully saturated rings. The molecule has 1 aromatic rings. The zero-order valence-electron chi connectivity index (χ0n) is 18.8. The van der Waals surface area contributed by atoms with E-state index in [1.54, 1.807) is 0 Å². The summed E-state index contributed by atoms with van der Waals surface area (Å²) in [6, 6.07) is 8.17. The quantitative estimate of drug-likeness (QED) is 0.720. The van der Waals surface area contributed by atoms with E-state index >= 15 is 0 Å². The number of aryl methyl sites for hydroxylation is 1. The Morgan fingerprint density at radius 3 is 2.50 bits per heavy atom. The van der Waals surface area contributed by atoms with Crippen molar-refractivity contribution in [3.63, 3.8) is 0 Å². The molecule has 1 aliphatic carbocycles. The fourth-order valence-electron chi connectivity index (χ4n) is 4.65. The minimum Gasteiger partial charge on any atom is -0.352 e. The molecule has 1 heterocycles. The first kappa shape index (κ1) is 22.8. The highest BCUT2D eigenvalue weighted by Crippen LogP contribution is 2.24. The molecular weight excluding hydrogens is 376 g/mol. The van der Waals surface area contributed by atoms with Crippen molar-refractivity contribution in [2.45, 2.75) is 65.0 Å². The van der Waals surface area contributed by atoms with Crippen LogP contribution in [0.3, 0.4) is 0 Å². The molecule has 1 saturated carbocycles. The molecule has 2 aliphatic rings. The van der Waals surface area contributed by atoms with Crippen molar-refractivity contribution in [3.8, 4) is 0 Å². The molecule has 3 atom stereocenters. The van der Waals surface area contributed by atoms with Crippen LogP contribution in [0.2, 0.25) is 0 Å². The molecule has 3 rings (SSSR count). The Morgan fingerprint density at radius 2 is 1.80 bits per heavy atom. The van der Waals surface area contributed by atoms with Gasteiger partial charge in [0.05, 0.1) is 12.6 Å². The predicted octanol–water partition coefficient (Wildman–Crippen LogP) is 2.89. The van der Waals surface area contributed by atoms with E-state index in [0.29, 0.717) is 18.5 Å². The molecule has 30 heavy (non-hydrogen) atoms. The Morgan fingerprint density at radius 1 is 1.10 bits per heavy atom. The van der Waals surface area contributed by atoms with Gasteiger partial charge in [-0.3, -0.25) is 19.4 Å². The third kappa shape index (κ3) is 6.05. The van der Waals surface area contributed by atoms with Gasteiger partial charge in [-0.1, -0.05) is 44.9 Å². The van der Waals surface area contributed by atoms with Gasteiger partial charge < -0.3 is 10.6 Å². The summed E-state index contributed by atoms with van der Waals surface area (Å²) >= 11 is 0. The Labute approximate surface area is 181 Å². The minimum absolute atomic E-state index is 0.0291. The molecule has 0 radical (unpaired) electrons. The van der Waals surface area contributed by atoms with Crippen molar-refractivity contribution in [2.75, 3.05) is 38.0 Å². The summed E-state index contributed by atoms with van der Waals surface area (Å²) in [5.74, 6) is 0.751. The number of nitrogens with one attached hydrogen (secondary N) is 2. The first-order chi connectivity index (χ1) is 14.5. The molecule has 1 aliphatic heterocycles. The summed E-state index contributed by atoms with van der Waals surface area (Å²) in [7, 11) is 0. The van der Waals surface area contributed by atoms with Crippen LogP contribution in [0, 0.1) is 5.92 Å². The number of hydrogen-bond acceptors (Lipinski definition) is 4. The van der Waals surface area contributed by atoms with Crippen LogP contribution in [0.4, 0.5) is 5.69 Å². The van der Waals surface area contributed by atoms with Crippen LogP contribution in [-0.4, -0.2) is 66.4 Å². The minimum atomic E-state index is -0.119. The summed E-state index contributed by atoms with van der Waals surface area (Å²) < 4.78 is 0. The zero-order chi connectivity index (χ0) is 21.5. The van der Waals surface area contributed by atoms with Gasteiger partial charge in [-0.2, -0.15) is 0 Å². The highest BCUT2D eigenvalue weighted by atomic mass is 16.2. The fourth-order valence-corrected chi connectivity index (χ4v) is 4.65. The molecule has 0 bridgehead atoms. The molecule has 166 valence electrons. The van der Waals surface area contributed by atoms with Crippen molar-refractivity contribution in [2.24, 2.45) is 5.92 Å². The summed E-state index contributed by atoms with van der Waals surface area (Å²) in [5.41, 5.74) is 2.06. The van der Waals surface area contributed by atoms with Crippen LogP contribution in [-0.2, 0) is 16.0 Å². The number of benzene rings is 1. The van der Waals surface area contributed by atoms with E-state index in [-0.39, 0.29) is 17.9 Å². The van der Waals surface area contributed by atoms with Crippen molar-refractivity contribution < 1.29 is 9.59 Å². The third-order valence-corrected chi connectivity index (χ3v) is 6.81. The van der Waals surface area contributed by atoms with E-state index in [4.69, 9.17) is 0 Å². The number of piperazine rings is 1. The summed E-state index contributed by atoms with van der Waals surface area (Å²) in [5, 5.41) is 6.34. The van der Waals surface area contributed by atoms with Crippen LogP contribution in [0.15, 0.2) is 24.3 Å². The van der Waals surface area contributed by atoms with Crippen molar-refractivity contribution in [1.29, 1.82) is 0 Å². The lowest BCUT2D eigenvalue weighted by atomic mass is 9.86.